The molecule has 1 heterocycles. The Morgan fingerprint density at radius 1 is 1.15 bits per heavy atom. The lowest BCUT2D eigenvalue weighted by Crippen LogP contribution is -2.31. The molecule has 1 aromatic heterocycles. The van der Waals surface area contributed by atoms with Gasteiger partial charge in [-0.05, 0) is 38.1 Å². The van der Waals surface area contributed by atoms with E-state index in [0.717, 1.165) is 30.5 Å². The molecule has 2 aromatic rings. The molecule has 0 spiro atoms. The zero-order valence-electron chi connectivity index (χ0n) is 12.0. The minimum Gasteiger partial charge on any atom is -0.371 e. The van der Waals surface area contributed by atoms with Crippen molar-refractivity contribution in [2.24, 2.45) is 0 Å². The molecule has 0 unspecified atom stereocenters. The van der Waals surface area contributed by atoms with Crippen LogP contribution in [-0.2, 0) is 6.54 Å². The van der Waals surface area contributed by atoms with Crippen LogP contribution in [0.3, 0.4) is 0 Å². The van der Waals surface area contributed by atoms with Crippen LogP contribution in [0.25, 0.3) is 0 Å². The minimum absolute atomic E-state index is 0.858. The third-order valence-corrected chi connectivity index (χ3v) is 4.50. The van der Waals surface area contributed by atoms with E-state index in [2.05, 4.69) is 54.4 Å². The minimum atomic E-state index is 0.858. The van der Waals surface area contributed by atoms with Crippen molar-refractivity contribution < 1.29 is 0 Å². The molecule has 2 nitrogen and oxygen atoms in total. The highest BCUT2D eigenvalue weighted by molar-refractivity contribution is 7.16. The van der Waals surface area contributed by atoms with Gasteiger partial charge in [0.05, 0.1) is 4.34 Å². The van der Waals surface area contributed by atoms with E-state index < -0.39 is 0 Å². The smallest absolute Gasteiger partial charge is 0.0931 e. The van der Waals surface area contributed by atoms with Gasteiger partial charge in [-0.2, -0.15) is 0 Å². The van der Waals surface area contributed by atoms with E-state index in [-0.39, 0.29) is 0 Å². The summed E-state index contributed by atoms with van der Waals surface area (Å²) in [6.07, 6.45) is 0. The van der Waals surface area contributed by atoms with Gasteiger partial charge in [0.15, 0.2) is 0 Å². The van der Waals surface area contributed by atoms with Gasteiger partial charge in [-0.3, -0.25) is 0 Å². The monoisotopic (exact) mass is 308 g/mol. The third-order valence-electron chi connectivity index (χ3n) is 3.27. The van der Waals surface area contributed by atoms with Gasteiger partial charge in [0.25, 0.3) is 0 Å². The van der Waals surface area contributed by atoms with Crippen molar-refractivity contribution >= 4 is 28.6 Å². The molecule has 0 aliphatic heterocycles. The molecule has 0 bridgehead atoms. The summed E-state index contributed by atoms with van der Waals surface area (Å²) < 4.78 is 0.858. The molecule has 1 aromatic carbocycles. The van der Waals surface area contributed by atoms with E-state index in [1.54, 1.807) is 11.3 Å². The molecule has 1 N–H and O–H groups in total. The zero-order valence-corrected chi connectivity index (χ0v) is 13.6. The first kappa shape index (κ1) is 15.4. The number of benzene rings is 1. The quantitative estimate of drug-likeness (QED) is 0.766. The van der Waals surface area contributed by atoms with Crippen molar-refractivity contribution in [2.75, 3.05) is 24.5 Å². The molecule has 0 aliphatic carbocycles. The van der Waals surface area contributed by atoms with Crippen molar-refractivity contribution in [3.8, 4) is 0 Å². The van der Waals surface area contributed by atoms with Crippen LogP contribution in [0.1, 0.15) is 17.4 Å². The van der Waals surface area contributed by atoms with Crippen LogP contribution in [0.2, 0.25) is 4.34 Å². The van der Waals surface area contributed by atoms with Crippen molar-refractivity contribution in [3.05, 3.63) is 51.2 Å². The number of likely N-dealkylation sites (N-methyl/N-ethyl adjacent to an activating group) is 1. The molecular formula is C16H21ClN2S. The Hall–Kier alpha value is -1.03. The van der Waals surface area contributed by atoms with Crippen LogP contribution < -0.4 is 10.2 Å². The van der Waals surface area contributed by atoms with Crippen LogP contribution in [0.4, 0.5) is 5.69 Å². The van der Waals surface area contributed by atoms with Crippen LogP contribution in [0, 0.1) is 6.92 Å². The molecule has 0 amide bonds. The first-order chi connectivity index (χ1) is 9.69. The van der Waals surface area contributed by atoms with Gasteiger partial charge in [0.1, 0.15) is 0 Å². The number of anilines is 1. The number of halogens is 1. The Kier molecular flexibility index (Phi) is 5.89. The lowest BCUT2D eigenvalue weighted by Gasteiger charge is -2.23. The molecule has 0 fully saturated rings. The number of hydrogen-bond acceptors (Lipinski definition) is 3. The van der Waals surface area contributed by atoms with E-state index >= 15 is 0 Å². The maximum absolute atomic E-state index is 5.92. The maximum atomic E-state index is 5.92. The molecule has 0 aliphatic rings. The van der Waals surface area contributed by atoms with Crippen molar-refractivity contribution in [1.29, 1.82) is 0 Å². The summed E-state index contributed by atoms with van der Waals surface area (Å²) in [7, 11) is 0. The SMILES string of the molecule is CCN(CCNCc1ccc(Cl)s1)c1ccc(C)cc1. The Labute approximate surface area is 130 Å². The number of hydrogen-bond donors (Lipinski definition) is 1. The van der Waals surface area contributed by atoms with Crippen molar-refractivity contribution in [2.45, 2.75) is 20.4 Å². The summed E-state index contributed by atoms with van der Waals surface area (Å²) in [6.45, 7) is 8.21. The Morgan fingerprint density at radius 2 is 1.90 bits per heavy atom. The number of aryl methyl sites for hydroxylation is 1. The van der Waals surface area contributed by atoms with Crippen LogP contribution >= 0.6 is 22.9 Å². The predicted octanol–water partition coefficient (Wildman–Crippen LogP) is 4.33. The van der Waals surface area contributed by atoms with E-state index in [4.69, 9.17) is 11.6 Å². The van der Waals surface area contributed by atoms with Gasteiger partial charge in [-0.25, -0.2) is 0 Å². The summed E-state index contributed by atoms with van der Waals surface area (Å²) in [5, 5.41) is 3.47. The Morgan fingerprint density at radius 3 is 2.50 bits per heavy atom. The summed E-state index contributed by atoms with van der Waals surface area (Å²) in [5.41, 5.74) is 2.59. The molecular weight excluding hydrogens is 288 g/mol. The second kappa shape index (κ2) is 7.67. The predicted molar refractivity (Wildman–Crippen MR) is 90.1 cm³/mol. The van der Waals surface area contributed by atoms with Gasteiger partial charge in [0, 0.05) is 36.7 Å². The lowest BCUT2D eigenvalue weighted by molar-refractivity contribution is 0.670. The molecule has 0 radical (unpaired) electrons. The second-order valence-electron chi connectivity index (χ2n) is 4.80. The van der Waals surface area contributed by atoms with E-state index in [9.17, 15) is 0 Å². The van der Waals surface area contributed by atoms with E-state index in [0.29, 0.717) is 0 Å². The first-order valence-corrected chi connectivity index (χ1v) is 8.15. The number of nitrogens with one attached hydrogen (secondary N) is 1. The first-order valence-electron chi connectivity index (χ1n) is 6.95. The summed E-state index contributed by atoms with van der Waals surface area (Å²) >= 11 is 7.56. The van der Waals surface area contributed by atoms with Gasteiger partial charge in [-0.15, -0.1) is 11.3 Å². The average molecular weight is 309 g/mol. The fraction of sp³-hybridized carbons (Fsp3) is 0.375. The van der Waals surface area contributed by atoms with Gasteiger partial charge >= 0.3 is 0 Å². The maximum Gasteiger partial charge on any atom is 0.0931 e. The fourth-order valence-corrected chi connectivity index (χ4v) is 3.15. The highest BCUT2D eigenvalue weighted by atomic mass is 35.5. The van der Waals surface area contributed by atoms with Crippen LogP contribution in [-0.4, -0.2) is 19.6 Å². The normalized spacial score (nSPS) is 10.8. The van der Waals surface area contributed by atoms with Crippen molar-refractivity contribution in [3.63, 3.8) is 0 Å². The summed E-state index contributed by atoms with van der Waals surface area (Å²) in [4.78, 5) is 3.67. The Bertz CT molecular complexity index is 522. The number of thiophene rings is 1. The van der Waals surface area contributed by atoms with Gasteiger partial charge < -0.3 is 10.2 Å². The molecule has 2 rings (SSSR count). The molecule has 0 saturated carbocycles. The number of nitrogens with zero attached hydrogens (tertiary/aromatic N) is 1. The third kappa shape index (κ3) is 4.51. The fourth-order valence-electron chi connectivity index (χ4n) is 2.10. The molecule has 0 atom stereocenters. The average Bonchev–Trinajstić information content (AvgIpc) is 2.86. The van der Waals surface area contributed by atoms with Crippen LogP contribution in [0.5, 0.6) is 0 Å². The molecule has 108 valence electrons. The van der Waals surface area contributed by atoms with Gasteiger partial charge in [0.2, 0.25) is 0 Å². The number of rotatable bonds is 7. The standard InChI is InChI=1S/C16H21ClN2S/c1-3-19(14-6-4-13(2)5-7-14)11-10-18-12-15-8-9-16(17)20-15/h4-9,18H,3,10-12H2,1-2H3. The summed E-state index contributed by atoms with van der Waals surface area (Å²) in [6, 6.07) is 12.7. The van der Waals surface area contributed by atoms with E-state index in [1.165, 1.54) is 16.1 Å². The topological polar surface area (TPSA) is 15.3 Å². The second-order valence-corrected chi connectivity index (χ2v) is 6.60. The molecule has 4 heteroatoms. The molecule has 20 heavy (non-hydrogen) atoms. The van der Waals surface area contributed by atoms with Gasteiger partial charge in [-0.1, -0.05) is 29.3 Å². The highest BCUT2D eigenvalue weighted by Gasteiger charge is 2.03. The highest BCUT2D eigenvalue weighted by Crippen LogP contribution is 2.21. The summed E-state index contributed by atoms with van der Waals surface area (Å²) in [5.74, 6) is 0. The lowest BCUT2D eigenvalue weighted by atomic mass is 10.2. The molecule has 0 saturated heterocycles. The van der Waals surface area contributed by atoms with Crippen molar-refractivity contribution in [1.82, 2.24) is 5.32 Å². The van der Waals surface area contributed by atoms with Crippen LogP contribution in [0.15, 0.2) is 36.4 Å². The zero-order chi connectivity index (χ0) is 14.4. The Balaban J connectivity index is 1.77. The largest absolute Gasteiger partial charge is 0.371 e. The van der Waals surface area contributed by atoms with E-state index in [1.807, 2.05) is 6.07 Å².